The van der Waals surface area contributed by atoms with Crippen LogP contribution in [0.15, 0.2) is 36.5 Å². The number of aromatic nitrogens is 1. The highest BCUT2D eigenvalue weighted by molar-refractivity contribution is 5.30. The lowest BCUT2D eigenvalue weighted by Gasteiger charge is -2.20. The fourth-order valence-corrected chi connectivity index (χ4v) is 2.45. The molecule has 2 rings (SSSR count). The SMILES string of the molecule is CCNC(Cc1ccc(F)cc1C)c1ccnc(C)c1. The van der Waals surface area contributed by atoms with Gasteiger partial charge in [-0.15, -0.1) is 0 Å². The van der Waals surface area contributed by atoms with Gasteiger partial charge in [0.2, 0.25) is 0 Å². The largest absolute Gasteiger partial charge is 0.310 e. The van der Waals surface area contributed by atoms with Crippen LogP contribution in [0.5, 0.6) is 0 Å². The second-order valence-electron chi connectivity index (χ2n) is 5.12. The highest BCUT2D eigenvalue weighted by Gasteiger charge is 2.13. The summed E-state index contributed by atoms with van der Waals surface area (Å²) in [5.41, 5.74) is 4.41. The maximum Gasteiger partial charge on any atom is 0.123 e. The van der Waals surface area contributed by atoms with Gasteiger partial charge in [-0.1, -0.05) is 13.0 Å². The average molecular weight is 272 g/mol. The summed E-state index contributed by atoms with van der Waals surface area (Å²) >= 11 is 0. The first-order valence-electron chi connectivity index (χ1n) is 7.01. The summed E-state index contributed by atoms with van der Waals surface area (Å²) in [7, 11) is 0. The molecule has 3 heteroatoms. The molecule has 0 radical (unpaired) electrons. The zero-order chi connectivity index (χ0) is 14.5. The molecule has 106 valence electrons. The zero-order valence-corrected chi connectivity index (χ0v) is 12.3. The molecule has 2 nitrogen and oxygen atoms in total. The molecule has 0 aliphatic rings. The minimum absolute atomic E-state index is 0.175. The Bertz CT molecular complexity index is 581. The number of pyridine rings is 1. The molecule has 0 saturated carbocycles. The van der Waals surface area contributed by atoms with Gasteiger partial charge in [0.25, 0.3) is 0 Å². The standard InChI is InChI=1S/C17H21FN2/c1-4-19-17(15-7-8-20-13(3)10-15)11-14-5-6-16(18)9-12(14)2/h5-10,17,19H,4,11H2,1-3H3. The fourth-order valence-electron chi connectivity index (χ4n) is 2.45. The number of nitrogens with one attached hydrogen (secondary N) is 1. The van der Waals surface area contributed by atoms with E-state index in [0.717, 1.165) is 24.2 Å². The normalized spacial score (nSPS) is 12.4. The predicted octanol–water partition coefficient (Wildman–Crippen LogP) is 3.73. The van der Waals surface area contributed by atoms with Crippen LogP contribution in [0.1, 0.15) is 35.3 Å². The molecule has 1 aromatic heterocycles. The van der Waals surface area contributed by atoms with Gasteiger partial charge in [0.05, 0.1) is 0 Å². The van der Waals surface area contributed by atoms with Gasteiger partial charge in [0, 0.05) is 17.9 Å². The Morgan fingerprint density at radius 3 is 2.65 bits per heavy atom. The second-order valence-corrected chi connectivity index (χ2v) is 5.12. The van der Waals surface area contributed by atoms with Crippen LogP contribution in [0.3, 0.4) is 0 Å². The lowest BCUT2D eigenvalue weighted by Crippen LogP contribution is -2.23. The average Bonchev–Trinajstić information content (AvgIpc) is 2.41. The van der Waals surface area contributed by atoms with Crippen LogP contribution < -0.4 is 5.32 Å². The summed E-state index contributed by atoms with van der Waals surface area (Å²) < 4.78 is 13.2. The van der Waals surface area contributed by atoms with Crippen LogP contribution >= 0.6 is 0 Å². The number of halogens is 1. The van der Waals surface area contributed by atoms with Crippen molar-refractivity contribution in [2.45, 2.75) is 33.2 Å². The van der Waals surface area contributed by atoms with Crippen LogP contribution in [0.25, 0.3) is 0 Å². The van der Waals surface area contributed by atoms with Crippen molar-refractivity contribution in [3.63, 3.8) is 0 Å². The van der Waals surface area contributed by atoms with Gasteiger partial charge in [0.15, 0.2) is 0 Å². The maximum atomic E-state index is 13.2. The molecule has 1 N–H and O–H groups in total. The quantitative estimate of drug-likeness (QED) is 0.897. The second kappa shape index (κ2) is 6.62. The van der Waals surface area contributed by atoms with E-state index in [2.05, 4.69) is 23.3 Å². The van der Waals surface area contributed by atoms with E-state index in [0.29, 0.717) is 0 Å². The number of likely N-dealkylation sites (N-methyl/N-ethyl adjacent to an activating group) is 1. The molecule has 2 aromatic rings. The van der Waals surface area contributed by atoms with Gasteiger partial charge in [0.1, 0.15) is 5.82 Å². The Kier molecular flexibility index (Phi) is 4.85. The van der Waals surface area contributed by atoms with Crippen LogP contribution in [0.2, 0.25) is 0 Å². The third-order valence-electron chi connectivity index (χ3n) is 3.50. The minimum Gasteiger partial charge on any atom is -0.310 e. The Morgan fingerprint density at radius 1 is 1.20 bits per heavy atom. The van der Waals surface area contributed by atoms with Crippen molar-refractivity contribution in [1.29, 1.82) is 0 Å². The molecule has 1 aromatic carbocycles. The van der Waals surface area contributed by atoms with Crippen molar-refractivity contribution >= 4 is 0 Å². The Hall–Kier alpha value is -1.74. The number of aryl methyl sites for hydroxylation is 2. The fraction of sp³-hybridized carbons (Fsp3) is 0.353. The Labute approximate surface area is 120 Å². The van der Waals surface area contributed by atoms with E-state index in [1.165, 1.54) is 17.2 Å². The van der Waals surface area contributed by atoms with Crippen molar-refractivity contribution in [3.8, 4) is 0 Å². The van der Waals surface area contributed by atoms with Crippen molar-refractivity contribution in [1.82, 2.24) is 10.3 Å². The van der Waals surface area contributed by atoms with Crippen LogP contribution in [0.4, 0.5) is 4.39 Å². The molecule has 0 spiro atoms. The number of hydrogen-bond donors (Lipinski definition) is 1. The highest BCUT2D eigenvalue weighted by atomic mass is 19.1. The monoisotopic (exact) mass is 272 g/mol. The van der Waals surface area contributed by atoms with E-state index in [9.17, 15) is 4.39 Å². The van der Waals surface area contributed by atoms with E-state index in [1.54, 1.807) is 6.07 Å². The summed E-state index contributed by atoms with van der Waals surface area (Å²) in [5.74, 6) is -0.175. The van der Waals surface area contributed by atoms with E-state index < -0.39 is 0 Å². The summed E-state index contributed by atoms with van der Waals surface area (Å²) in [5, 5.41) is 3.49. The summed E-state index contributed by atoms with van der Waals surface area (Å²) in [6.45, 7) is 6.94. The van der Waals surface area contributed by atoms with Crippen LogP contribution in [-0.4, -0.2) is 11.5 Å². The van der Waals surface area contributed by atoms with Gasteiger partial charge in [-0.3, -0.25) is 4.98 Å². The van der Waals surface area contributed by atoms with Crippen molar-refractivity contribution < 1.29 is 4.39 Å². The number of rotatable bonds is 5. The van der Waals surface area contributed by atoms with E-state index in [1.807, 2.05) is 32.2 Å². The molecule has 0 bridgehead atoms. The third-order valence-corrected chi connectivity index (χ3v) is 3.50. The van der Waals surface area contributed by atoms with Crippen LogP contribution in [-0.2, 0) is 6.42 Å². The minimum atomic E-state index is -0.175. The van der Waals surface area contributed by atoms with Gasteiger partial charge in [-0.05, 0) is 67.8 Å². The van der Waals surface area contributed by atoms with Crippen molar-refractivity contribution in [2.75, 3.05) is 6.54 Å². The molecule has 1 atom stereocenters. The molecule has 20 heavy (non-hydrogen) atoms. The van der Waals surface area contributed by atoms with Gasteiger partial charge < -0.3 is 5.32 Å². The third kappa shape index (κ3) is 3.64. The summed E-state index contributed by atoms with van der Waals surface area (Å²) in [6, 6.07) is 9.37. The number of hydrogen-bond acceptors (Lipinski definition) is 2. The van der Waals surface area contributed by atoms with Gasteiger partial charge in [-0.2, -0.15) is 0 Å². The van der Waals surface area contributed by atoms with Gasteiger partial charge in [-0.25, -0.2) is 4.39 Å². The molecular formula is C17H21FN2. The number of nitrogens with zero attached hydrogens (tertiary/aromatic N) is 1. The molecule has 0 aliphatic heterocycles. The molecule has 0 amide bonds. The topological polar surface area (TPSA) is 24.9 Å². The van der Waals surface area contributed by atoms with Crippen molar-refractivity contribution in [2.24, 2.45) is 0 Å². The molecule has 0 aliphatic carbocycles. The van der Waals surface area contributed by atoms with E-state index in [-0.39, 0.29) is 11.9 Å². The Balaban J connectivity index is 2.25. The Morgan fingerprint density at radius 2 is 2.00 bits per heavy atom. The van der Waals surface area contributed by atoms with Crippen LogP contribution in [0, 0.1) is 19.7 Å². The lowest BCUT2D eigenvalue weighted by atomic mass is 9.96. The van der Waals surface area contributed by atoms with E-state index in [4.69, 9.17) is 0 Å². The smallest absolute Gasteiger partial charge is 0.123 e. The van der Waals surface area contributed by atoms with Crippen molar-refractivity contribution in [3.05, 3.63) is 64.7 Å². The molecule has 0 saturated heterocycles. The number of benzene rings is 1. The zero-order valence-electron chi connectivity index (χ0n) is 12.3. The molecule has 0 fully saturated rings. The summed E-state index contributed by atoms with van der Waals surface area (Å²) in [6.07, 6.45) is 2.69. The highest BCUT2D eigenvalue weighted by Crippen LogP contribution is 2.21. The molecule has 1 heterocycles. The first kappa shape index (κ1) is 14.7. The maximum absolute atomic E-state index is 13.2. The van der Waals surface area contributed by atoms with E-state index >= 15 is 0 Å². The molecular weight excluding hydrogens is 251 g/mol. The first-order chi connectivity index (χ1) is 9.60. The first-order valence-corrected chi connectivity index (χ1v) is 7.01. The van der Waals surface area contributed by atoms with Gasteiger partial charge >= 0.3 is 0 Å². The molecule has 1 unspecified atom stereocenters. The summed E-state index contributed by atoms with van der Waals surface area (Å²) in [4.78, 5) is 4.24. The lowest BCUT2D eigenvalue weighted by molar-refractivity contribution is 0.546. The predicted molar refractivity (Wildman–Crippen MR) is 80.2 cm³/mol.